The van der Waals surface area contributed by atoms with Gasteiger partial charge in [-0.3, -0.25) is 13.9 Å². The maximum absolute atomic E-state index is 13.6. The average molecular weight is 488 g/mol. The molecule has 168 valence electrons. The van der Waals surface area contributed by atoms with E-state index in [0.717, 1.165) is 53.2 Å². The van der Waals surface area contributed by atoms with E-state index < -0.39 is 0 Å². The fourth-order valence-electron chi connectivity index (χ4n) is 4.30. The van der Waals surface area contributed by atoms with E-state index in [9.17, 15) is 9.59 Å². The molecule has 0 saturated carbocycles. The number of nitrogens with zero attached hydrogens (tertiary/aromatic N) is 2. The van der Waals surface area contributed by atoms with Gasteiger partial charge in [0.15, 0.2) is 0 Å². The summed E-state index contributed by atoms with van der Waals surface area (Å²) in [6.45, 7) is 4.30. The third kappa shape index (κ3) is 4.22. The summed E-state index contributed by atoms with van der Waals surface area (Å²) in [7, 11) is 0. The fraction of sp³-hybridized carbons (Fsp3) is 0.333. The number of fused-ring (bicyclic) bond motifs is 1. The van der Waals surface area contributed by atoms with Gasteiger partial charge in [0.25, 0.3) is 5.56 Å². The molecule has 1 aromatic carbocycles. The SMILES string of the molecule is CCc1ccc(Cn2c(=O)n(C3CCNCC3)c(=O)c3sc(-c4ccccc4)cc32)s1.Cl. The molecule has 0 radical (unpaired) electrons. The minimum atomic E-state index is -0.187. The highest BCUT2D eigenvalue weighted by atomic mass is 35.5. The van der Waals surface area contributed by atoms with E-state index in [4.69, 9.17) is 0 Å². The molecule has 0 atom stereocenters. The molecule has 5 nitrogen and oxygen atoms in total. The lowest BCUT2D eigenvalue weighted by molar-refractivity contribution is 0.347. The Morgan fingerprint density at radius 2 is 1.72 bits per heavy atom. The van der Waals surface area contributed by atoms with Crippen LogP contribution in [0.2, 0.25) is 0 Å². The standard InChI is InChI=1S/C24H25N3O2S2.ClH/c1-2-18-8-9-19(30-18)15-26-20-14-21(16-6-4-3-5-7-16)31-22(20)23(28)27(24(26)29)17-10-12-25-13-11-17;/h3-9,14,17,25H,2,10-13,15H2,1H3;1H. The molecule has 8 heteroatoms. The Morgan fingerprint density at radius 3 is 2.41 bits per heavy atom. The third-order valence-electron chi connectivity index (χ3n) is 5.97. The first-order chi connectivity index (χ1) is 15.2. The van der Waals surface area contributed by atoms with Crippen molar-refractivity contribution in [1.82, 2.24) is 14.5 Å². The van der Waals surface area contributed by atoms with Gasteiger partial charge in [0.1, 0.15) is 4.70 Å². The zero-order valence-corrected chi connectivity index (χ0v) is 20.3. The van der Waals surface area contributed by atoms with Gasteiger partial charge in [0.2, 0.25) is 0 Å². The van der Waals surface area contributed by atoms with E-state index >= 15 is 0 Å². The normalized spacial score (nSPS) is 14.5. The molecular weight excluding hydrogens is 462 g/mol. The van der Waals surface area contributed by atoms with Crippen LogP contribution >= 0.6 is 35.1 Å². The van der Waals surface area contributed by atoms with Crippen molar-refractivity contribution in [2.24, 2.45) is 0 Å². The number of hydrogen-bond donors (Lipinski definition) is 1. The van der Waals surface area contributed by atoms with E-state index in [1.54, 1.807) is 11.3 Å². The van der Waals surface area contributed by atoms with Crippen LogP contribution < -0.4 is 16.6 Å². The van der Waals surface area contributed by atoms with Gasteiger partial charge in [-0.25, -0.2) is 4.79 Å². The van der Waals surface area contributed by atoms with Crippen LogP contribution in [0, 0.1) is 0 Å². The topological polar surface area (TPSA) is 56.0 Å². The largest absolute Gasteiger partial charge is 0.332 e. The Bertz CT molecular complexity index is 1330. The number of hydrogen-bond acceptors (Lipinski definition) is 5. The predicted octanol–water partition coefficient (Wildman–Crippen LogP) is 4.91. The highest BCUT2D eigenvalue weighted by Crippen LogP contribution is 2.32. The van der Waals surface area contributed by atoms with Crippen LogP contribution in [0.4, 0.5) is 0 Å². The Hall–Kier alpha value is -2.19. The van der Waals surface area contributed by atoms with Crippen LogP contribution in [0.25, 0.3) is 20.7 Å². The second-order valence-electron chi connectivity index (χ2n) is 7.94. The van der Waals surface area contributed by atoms with Crippen molar-refractivity contribution in [1.29, 1.82) is 0 Å². The number of piperidine rings is 1. The van der Waals surface area contributed by atoms with E-state index in [1.165, 1.54) is 20.8 Å². The van der Waals surface area contributed by atoms with Gasteiger partial charge in [0, 0.05) is 20.7 Å². The lowest BCUT2D eigenvalue weighted by Gasteiger charge is -2.25. The van der Waals surface area contributed by atoms with Crippen LogP contribution in [-0.4, -0.2) is 22.2 Å². The Labute approximate surface area is 200 Å². The van der Waals surface area contributed by atoms with Crippen molar-refractivity contribution in [3.05, 3.63) is 79.1 Å². The summed E-state index contributed by atoms with van der Waals surface area (Å²) in [4.78, 5) is 30.6. The van der Waals surface area contributed by atoms with Gasteiger partial charge >= 0.3 is 5.69 Å². The molecule has 5 rings (SSSR count). The van der Waals surface area contributed by atoms with Gasteiger partial charge in [-0.2, -0.15) is 0 Å². The number of aryl methyl sites for hydroxylation is 1. The van der Waals surface area contributed by atoms with Gasteiger partial charge in [-0.05, 0) is 56.1 Å². The lowest BCUT2D eigenvalue weighted by Crippen LogP contribution is -2.44. The molecular formula is C24H26ClN3O2S2. The number of nitrogens with one attached hydrogen (secondary N) is 1. The third-order valence-corrected chi connectivity index (χ3v) is 8.34. The van der Waals surface area contributed by atoms with E-state index in [-0.39, 0.29) is 29.7 Å². The van der Waals surface area contributed by atoms with Crippen molar-refractivity contribution >= 4 is 45.3 Å². The van der Waals surface area contributed by atoms with Crippen LogP contribution in [0.3, 0.4) is 0 Å². The summed E-state index contributed by atoms with van der Waals surface area (Å²) in [5, 5.41) is 3.33. The quantitative estimate of drug-likeness (QED) is 0.435. The summed E-state index contributed by atoms with van der Waals surface area (Å²) in [5.74, 6) is 0. The molecule has 32 heavy (non-hydrogen) atoms. The second-order valence-corrected chi connectivity index (χ2v) is 10.2. The van der Waals surface area contributed by atoms with Crippen molar-refractivity contribution in [3.8, 4) is 10.4 Å². The predicted molar refractivity (Wildman–Crippen MR) is 137 cm³/mol. The molecule has 0 aliphatic carbocycles. The number of rotatable bonds is 5. The first-order valence-corrected chi connectivity index (χ1v) is 12.4. The molecule has 1 aliphatic heterocycles. The molecule has 4 aromatic rings. The Morgan fingerprint density at radius 1 is 1.00 bits per heavy atom. The van der Waals surface area contributed by atoms with E-state index in [1.807, 2.05) is 41.0 Å². The molecule has 0 bridgehead atoms. The molecule has 0 amide bonds. The number of aromatic nitrogens is 2. The second kappa shape index (κ2) is 9.75. The Kier molecular flexibility index (Phi) is 7.00. The molecule has 0 unspecified atom stereocenters. The number of halogens is 1. The van der Waals surface area contributed by atoms with Gasteiger partial charge in [-0.15, -0.1) is 35.1 Å². The molecule has 1 saturated heterocycles. The Balaban J connectivity index is 0.00000245. The summed E-state index contributed by atoms with van der Waals surface area (Å²) in [5.41, 5.74) is 1.49. The highest BCUT2D eigenvalue weighted by molar-refractivity contribution is 7.22. The minimum absolute atomic E-state index is 0. The highest BCUT2D eigenvalue weighted by Gasteiger charge is 2.24. The maximum atomic E-state index is 13.6. The van der Waals surface area contributed by atoms with Crippen LogP contribution in [0.5, 0.6) is 0 Å². The van der Waals surface area contributed by atoms with Crippen molar-refractivity contribution in [3.63, 3.8) is 0 Å². The summed E-state index contributed by atoms with van der Waals surface area (Å²) in [6.07, 6.45) is 2.59. The molecule has 4 heterocycles. The minimum Gasteiger partial charge on any atom is -0.317 e. The van der Waals surface area contributed by atoms with E-state index in [0.29, 0.717) is 11.2 Å². The molecule has 3 aromatic heterocycles. The fourth-order valence-corrected chi connectivity index (χ4v) is 6.35. The average Bonchev–Trinajstić information content (AvgIpc) is 3.45. The lowest BCUT2D eigenvalue weighted by atomic mass is 10.1. The summed E-state index contributed by atoms with van der Waals surface area (Å²) >= 11 is 3.23. The molecule has 1 fully saturated rings. The van der Waals surface area contributed by atoms with Gasteiger partial charge in [0.05, 0.1) is 12.1 Å². The van der Waals surface area contributed by atoms with Crippen LogP contribution in [0.15, 0.2) is 58.1 Å². The maximum Gasteiger partial charge on any atom is 0.332 e. The van der Waals surface area contributed by atoms with E-state index in [2.05, 4.69) is 24.4 Å². The van der Waals surface area contributed by atoms with Crippen molar-refractivity contribution in [2.45, 2.75) is 38.8 Å². The first-order valence-electron chi connectivity index (χ1n) is 10.8. The van der Waals surface area contributed by atoms with Crippen LogP contribution in [0.1, 0.15) is 35.6 Å². The monoisotopic (exact) mass is 487 g/mol. The first kappa shape index (κ1) is 23.0. The van der Waals surface area contributed by atoms with Gasteiger partial charge in [-0.1, -0.05) is 37.3 Å². The zero-order chi connectivity index (χ0) is 21.4. The van der Waals surface area contributed by atoms with Gasteiger partial charge < -0.3 is 5.32 Å². The number of benzene rings is 1. The smallest absolute Gasteiger partial charge is 0.317 e. The van der Waals surface area contributed by atoms with Crippen molar-refractivity contribution in [2.75, 3.05) is 13.1 Å². The number of thiophene rings is 2. The molecule has 1 N–H and O–H groups in total. The summed E-state index contributed by atoms with van der Waals surface area (Å²) < 4.78 is 4.01. The molecule has 0 spiro atoms. The summed E-state index contributed by atoms with van der Waals surface area (Å²) in [6, 6.07) is 16.3. The molecule has 1 aliphatic rings. The van der Waals surface area contributed by atoms with Crippen molar-refractivity contribution < 1.29 is 0 Å². The van der Waals surface area contributed by atoms with Crippen LogP contribution in [-0.2, 0) is 13.0 Å². The zero-order valence-electron chi connectivity index (χ0n) is 17.9.